The van der Waals surface area contributed by atoms with Crippen molar-refractivity contribution in [3.8, 4) is 5.75 Å². The Morgan fingerprint density at radius 2 is 1.76 bits per heavy atom. The van der Waals surface area contributed by atoms with Crippen molar-refractivity contribution < 1.29 is 9.90 Å². The Morgan fingerprint density at radius 1 is 1.14 bits per heavy atom. The van der Waals surface area contributed by atoms with Crippen molar-refractivity contribution in [2.75, 3.05) is 12.4 Å². The van der Waals surface area contributed by atoms with E-state index in [-0.39, 0.29) is 12.1 Å². The molecule has 0 radical (unpaired) electrons. The minimum absolute atomic E-state index is 0.00210. The van der Waals surface area contributed by atoms with E-state index in [0.717, 1.165) is 22.4 Å². The summed E-state index contributed by atoms with van der Waals surface area (Å²) < 4.78 is 0. The predicted octanol–water partition coefficient (Wildman–Crippen LogP) is 3.21. The van der Waals surface area contributed by atoms with Crippen LogP contribution >= 0.6 is 0 Å². The van der Waals surface area contributed by atoms with Crippen LogP contribution in [0.25, 0.3) is 0 Å². The Hall–Kier alpha value is -2.49. The molecule has 4 nitrogen and oxygen atoms in total. The summed E-state index contributed by atoms with van der Waals surface area (Å²) >= 11 is 0. The number of nitrogens with zero attached hydrogens (tertiary/aromatic N) is 1. The van der Waals surface area contributed by atoms with Crippen LogP contribution in [-0.2, 0) is 0 Å². The molecular weight excluding hydrogens is 264 g/mol. The van der Waals surface area contributed by atoms with Gasteiger partial charge in [-0.2, -0.15) is 0 Å². The van der Waals surface area contributed by atoms with E-state index in [9.17, 15) is 9.90 Å². The van der Waals surface area contributed by atoms with Crippen LogP contribution in [-0.4, -0.2) is 23.0 Å². The molecule has 1 aliphatic rings. The summed E-state index contributed by atoms with van der Waals surface area (Å²) in [4.78, 5) is 14.2. The number of benzene rings is 2. The van der Waals surface area contributed by atoms with Gasteiger partial charge in [-0.15, -0.1) is 0 Å². The van der Waals surface area contributed by atoms with E-state index < -0.39 is 0 Å². The van der Waals surface area contributed by atoms with Crippen LogP contribution in [0.1, 0.15) is 33.2 Å². The van der Waals surface area contributed by atoms with Crippen molar-refractivity contribution in [3.63, 3.8) is 0 Å². The normalized spacial score (nSPS) is 17.4. The number of phenolic OH excluding ortho intramolecular Hbond substituents is 1. The number of amides is 1. The molecule has 0 bridgehead atoms. The lowest BCUT2D eigenvalue weighted by molar-refractivity contribution is 0.0735. The Morgan fingerprint density at radius 3 is 2.43 bits per heavy atom. The second kappa shape index (κ2) is 4.81. The van der Waals surface area contributed by atoms with Crippen LogP contribution in [0.15, 0.2) is 36.4 Å². The molecule has 0 saturated heterocycles. The van der Waals surface area contributed by atoms with Gasteiger partial charge in [0.25, 0.3) is 5.91 Å². The number of para-hydroxylation sites is 1. The second-order valence-electron chi connectivity index (χ2n) is 5.51. The molecule has 0 fully saturated rings. The summed E-state index contributed by atoms with van der Waals surface area (Å²) in [5, 5.41) is 13.3. The molecule has 3 rings (SSSR count). The fourth-order valence-electron chi connectivity index (χ4n) is 2.80. The predicted molar refractivity (Wildman–Crippen MR) is 82.5 cm³/mol. The molecule has 1 heterocycles. The lowest BCUT2D eigenvalue weighted by Crippen LogP contribution is -2.40. The fraction of sp³-hybridized carbons (Fsp3) is 0.235. The average Bonchev–Trinajstić information content (AvgIpc) is 2.48. The number of aryl methyl sites for hydroxylation is 2. The van der Waals surface area contributed by atoms with Gasteiger partial charge < -0.3 is 15.3 Å². The Balaban J connectivity index is 2.07. The Bertz CT molecular complexity index is 701. The van der Waals surface area contributed by atoms with E-state index in [0.29, 0.717) is 11.3 Å². The summed E-state index contributed by atoms with van der Waals surface area (Å²) in [5.74, 6) is 0.307. The van der Waals surface area contributed by atoms with Crippen molar-refractivity contribution >= 4 is 11.6 Å². The van der Waals surface area contributed by atoms with E-state index in [2.05, 4.69) is 5.32 Å². The molecule has 21 heavy (non-hydrogen) atoms. The van der Waals surface area contributed by atoms with E-state index >= 15 is 0 Å². The Labute approximate surface area is 124 Å². The largest absolute Gasteiger partial charge is 0.507 e. The fourth-order valence-corrected chi connectivity index (χ4v) is 2.80. The first-order chi connectivity index (χ1) is 9.99. The maximum atomic E-state index is 12.5. The summed E-state index contributed by atoms with van der Waals surface area (Å²) in [5.41, 5.74) is 4.11. The molecule has 0 aliphatic carbocycles. The molecule has 2 N–H and O–H groups in total. The van der Waals surface area contributed by atoms with Gasteiger partial charge >= 0.3 is 0 Å². The third-order valence-corrected chi connectivity index (χ3v) is 3.99. The zero-order valence-electron chi connectivity index (χ0n) is 12.3. The zero-order chi connectivity index (χ0) is 15.1. The number of anilines is 1. The summed E-state index contributed by atoms with van der Waals surface area (Å²) in [7, 11) is 1.79. The van der Waals surface area contributed by atoms with Gasteiger partial charge in [-0.3, -0.25) is 4.79 Å². The molecule has 0 saturated carbocycles. The first kappa shape index (κ1) is 13.5. The highest BCUT2D eigenvalue weighted by Crippen LogP contribution is 2.34. The van der Waals surface area contributed by atoms with Crippen molar-refractivity contribution in [2.45, 2.75) is 20.0 Å². The van der Waals surface area contributed by atoms with Crippen LogP contribution in [0.3, 0.4) is 0 Å². The number of nitrogens with one attached hydrogen (secondary N) is 1. The van der Waals surface area contributed by atoms with Crippen LogP contribution < -0.4 is 5.32 Å². The molecular formula is C17H18N2O2. The van der Waals surface area contributed by atoms with Gasteiger partial charge in [0.1, 0.15) is 11.9 Å². The van der Waals surface area contributed by atoms with Crippen molar-refractivity contribution in [1.29, 1.82) is 0 Å². The van der Waals surface area contributed by atoms with Gasteiger partial charge in [0, 0.05) is 12.7 Å². The van der Waals surface area contributed by atoms with Crippen molar-refractivity contribution in [1.82, 2.24) is 4.90 Å². The van der Waals surface area contributed by atoms with Crippen molar-refractivity contribution in [3.05, 3.63) is 58.7 Å². The van der Waals surface area contributed by atoms with Crippen LogP contribution in [0.2, 0.25) is 0 Å². The second-order valence-corrected chi connectivity index (χ2v) is 5.51. The maximum Gasteiger partial charge on any atom is 0.257 e. The first-order valence-corrected chi connectivity index (χ1v) is 6.92. The molecule has 1 aliphatic heterocycles. The summed E-state index contributed by atoms with van der Waals surface area (Å²) in [6.45, 7) is 3.73. The van der Waals surface area contributed by atoms with Gasteiger partial charge in [-0.05, 0) is 54.8 Å². The molecule has 0 aromatic heterocycles. The van der Waals surface area contributed by atoms with Gasteiger partial charge in [0.15, 0.2) is 0 Å². The number of aromatic hydroxyl groups is 1. The first-order valence-electron chi connectivity index (χ1n) is 6.92. The van der Waals surface area contributed by atoms with E-state index in [4.69, 9.17) is 0 Å². The minimum atomic E-state index is -0.231. The lowest BCUT2D eigenvalue weighted by atomic mass is 10.00. The lowest BCUT2D eigenvalue weighted by Gasteiger charge is -2.36. The van der Waals surface area contributed by atoms with Crippen molar-refractivity contribution in [2.24, 2.45) is 0 Å². The summed E-state index contributed by atoms with van der Waals surface area (Å²) in [6, 6.07) is 11.3. The molecule has 108 valence electrons. The highest BCUT2D eigenvalue weighted by molar-refractivity contribution is 6.01. The minimum Gasteiger partial charge on any atom is -0.507 e. The third kappa shape index (κ3) is 2.13. The zero-order valence-corrected chi connectivity index (χ0v) is 12.3. The van der Waals surface area contributed by atoms with E-state index in [1.807, 2.05) is 50.2 Å². The van der Waals surface area contributed by atoms with Crippen LogP contribution in [0, 0.1) is 13.8 Å². The Kier molecular flexibility index (Phi) is 3.09. The van der Waals surface area contributed by atoms with Crippen LogP contribution in [0.5, 0.6) is 5.75 Å². The van der Waals surface area contributed by atoms with Gasteiger partial charge in [-0.25, -0.2) is 0 Å². The van der Waals surface area contributed by atoms with Crippen LogP contribution in [0.4, 0.5) is 5.69 Å². The number of hydrogen-bond donors (Lipinski definition) is 2. The highest BCUT2D eigenvalue weighted by Gasteiger charge is 2.30. The number of hydrogen-bond acceptors (Lipinski definition) is 3. The maximum absolute atomic E-state index is 12.5. The number of carbonyl (C=O) groups excluding carboxylic acids is 1. The van der Waals surface area contributed by atoms with Gasteiger partial charge in [0.05, 0.1) is 5.56 Å². The standard InChI is InChI=1S/C17H18N2O2/c1-10-8-12(9-11(2)15(10)20)16-18-14-7-5-4-6-13(14)17(21)19(16)3/h4-9,16,18,20H,1-3H3. The summed E-state index contributed by atoms with van der Waals surface area (Å²) in [6.07, 6.45) is -0.231. The van der Waals surface area contributed by atoms with E-state index in [1.54, 1.807) is 11.9 Å². The molecule has 4 heteroatoms. The van der Waals surface area contributed by atoms with Gasteiger partial charge in [0.2, 0.25) is 0 Å². The van der Waals surface area contributed by atoms with E-state index in [1.165, 1.54) is 0 Å². The number of fused-ring (bicyclic) bond motifs is 1. The molecule has 1 amide bonds. The molecule has 2 aromatic carbocycles. The topological polar surface area (TPSA) is 52.6 Å². The molecule has 1 unspecified atom stereocenters. The third-order valence-electron chi connectivity index (χ3n) is 3.99. The molecule has 0 spiro atoms. The number of carbonyl (C=O) groups is 1. The number of phenols is 1. The SMILES string of the molecule is Cc1cc(C2Nc3ccccc3C(=O)N2C)cc(C)c1O. The quantitative estimate of drug-likeness (QED) is 0.844. The number of rotatable bonds is 1. The highest BCUT2D eigenvalue weighted by atomic mass is 16.3. The monoisotopic (exact) mass is 282 g/mol. The van der Waals surface area contributed by atoms with Gasteiger partial charge in [-0.1, -0.05) is 12.1 Å². The smallest absolute Gasteiger partial charge is 0.257 e. The average molecular weight is 282 g/mol. The molecule has 2 aromatic rings. The molecule has 1 atom stereocenters.